The quantitative estimate of drug-likeness (QED) is 0.846. The molecule has 2 aromatic rings. The summed E-state index contributed by atoms with van der Waals surface area (Å²) in [6, 6.07) is 21.3. The molecule has 0 spiro atoms. The fourth-order valence-electron chi connectivity index (χ4n) is 4.57. The van der Waals surface area contributed by atoms with E-state index in [1.54, 1.807) is 0 Å². The van der Waals surface area contributed by atoms with E-state index in [0.29, 0.717) is 6.04 Å². The molecule has 4 rings (SSSR count). The zero-order valence-corrected chi connectivity index (χ0v) is 15.8. The molecule has 3 unspecified atom stereocenters. The maximum atomic E-state index is 12.8. The van der Waals surface area contributed by atoms with Gasteiger partial charge in [0.2, 0.25) is 0 Å². The van der Waals surface area contributed by atoms with Crippen LogP contribution in [-0.4, -0.2) is 36.1 Å². The summed E-state index contributed by atoms with van der Waals surface area (Å²) in [6.07, 6.45) is 5.63. The van der Waals surface area contributed by atoms with Crippen molar-refractivity contribution >= 4 is 6.03 Å². The molecule has 0 bridgehead atoms. The minimum atomic E-state index is -0.0443. The van der Waals surface area contributed by atoms with Crippen LogP contribution in [0.4, 0.5) is 4.79 Å². The molecule has 2 heterocycles. The van der Waals surface area contributed by atoms with Gasteiger partial charge in [-0.2, -0.15) is 0 Å². The van der Waals surface area contributed by atoms with Crippen LogP contribution in [0.3, 0.4) is 0 Å². The zero-order chi connectivity index (χ0) is 18.5. The van der Waals surface area contributed by atoms with Crippen molar-refractivity contribution in [1.82, 2.24) is 15.5 Å². The Morgan fingerprint density at radius 3 is 2.48 bits per heavy atom. The molecule has 142 valence electrons. The van der Waals surface area contributed by atoms with E-state index in [-0.39, 0.29) is 18.1 Å². The molecule has 0 aromatic heterocycles. The van der Waals surface area contributed by atoms with Crippen LogP contribution in [0.15, 0.2) is 60.7 Å². The monoisotopic (exact) mass is 363 g/mol. The molecular weight excluding hydrogens is 334 g/mol. The first kappa shape index (κ1) is 18.1. The minimum Gasteiger partial charge on any atom is -0.334 e. The fraction of sp³-hybridized carbons (Fsp3) is 0.435. The molecule has 2 N–H and O–H groups in total. The molecule has 4 nitrogen and oxygen atoms in total. The highest BCUT2D eigenvalue weighted by molar-refractivity contribution is 5.75. The van der Waals surface area contributed by atoms with E-state index in [1.165, 1.54) is 31.4 Å². The normalized spacial score (nSPS) is 23.4. The predicted molar refractivity (Wildman–Crippen MR) is 109 cm³/mol. The van der Waals surface area contributed by atoms with Crippen LogP contribution >= 0.6 is 0 Å². The number of nitrogens with one attached hydrogen (secondary N) is 2. The third-order valence-corrected chi connectivity index (χ3v) is 5.96. The van der Waals surface area contributed by atoms with Crippen molar-refractivity contribution < 1.29 is 4.79 Å². The SMILES string of the molecule is O=C(NC(Cc1ccccc1)c1ccccc1)NC1CCN2CCCCC12. The van der Waals surface area contributed by atoms with Crippen LogP contribution in [0.2, 0.25) is 0 Å². The minimum absolute atomic E-state index is 0.0301. The number of piperidine rings is 1. The Balaban J connectivity index is 1.42. The van der Waals surface area contributed by atoms with E-state index in [1.807, 2.05) is 36.4 Å². The van der Waals surface area contributed by atoms with Gasteiger partial charge in [0.05, 0.1) is 6.04 Å². The predicted octanol–water partition coefficient (Wildman–Crippen LogP) is 3.90. The van der Waals surface area contributed by atoms with Gasteiger partial charge in [0.15, 0.2) is 0 Å². The van der Waals surface area contributed by atoms with Crippen molar-refractivity contribution in [2.45, 2.75) is 50.2 Å². The topological polar surface area (TPSA) is 44.4 Å². The summed E-state index contributed by atoms with van der Waals surface area (Å²) in [6.45, 7) is 2.30. The zero-order valence-electron chi connectivity index (χ0n) is 15.8. The van der Waals surface area contributed by atoms with Crippen LogP contribution < -0.4 is 10.6 Å². The van der Waals surface area contributed by atoms with Gasteiger partial charge in [0.1, 0.15) is 0 Å². The number of urea groups is 1. The summed E-state index contributed by atoms with van der Waals surface area (Å²) in [4.78, 5) is 15.4. The lowest BCUT2D eigenvalue weighted by Crippen LogP contribution is -2.50. The summed E-state index contributed by atoms with van der Waals surface area (Å²) >= 11 is 0. The van der Waals surface area contributed by atoms with E-state index < -0.39 is 0 Å². The van der Waals surface area contributed by atoms with Gasteiger partial charge >= 0.3 is 6.03 Å². The van der Waals surface area contributed by atoms with Gasteiger partial charge in [-0.15, -0.1) is 0 Å². The van der Waals surface area contributed by atoms with Crippen molar-refractivity contribution in [2.24, 2.45) is 0 Å². The third kappa shape index (κ3) is 4.51. The highest BCUT2D eigenvalue weighted by Crippen LogP contribution is 2.27. The van der Waals surface area contributed by atoms with E-state index in [0.717, 1.165) is 24.9 Å². The van der Waals surface area contributed by atoms with E-state index in [2.05, 4.69) is 39.8 Å². The number of nitrogens with zero attached hydrogens (tertiary/aromatic N) is 1. The standard InChI is InChI=1S/C23H29N3O/c27-23(24-20-14-16-26-15-8-7-13-22(20)26)25-21(19-11-5-2-6-12-19)17-18-9-3-1-4-10-18/h1-6,9-12,20-22H,7-8,13-17H2,(H2,24,25,27). The Morgan fingerprint density at radius 2 is 1.70 bits per heavy atom. The van der Waals surface area contributed by atoms with Crippen LogP contribution in [0.1, 0.15) is 42.9 Å². The van der Waals surface area contributed by atoms with Crippen molar-refractivity contribution in [3.05, 3.63) is 71.8 Å². The highest BCUT2D eigenvalue weighted by Gasteiger charge is 2.36. The molecule has 2 saturated heterocycles. The first-order chi connectivity index (χ1) is 13.3. The van der Waals surface area contributed by atoms with Gasteiger partial charge in [0.25, 0.3) is 0 Å². The Hall–Kier alpha value is -2.33. The maximum absolute atomic E-state index is 12.8. The van der Waals surface area contributed by atoms with E-state index in [9.17, 15) is 4.79 Å². The number of hydrogen-bond donors (Lipinski definition) is 2. The molecule has 4 heteroatoms. The van der Waals surface area contributed by atoms with E-state index >= 15 is 0 Å². The molecular formula is C23H29N3O. The number of carbonyl (C=O) groups is 1. The van der Waals surface area contributed by atoms with Crippen molar-refractivity contribution in [1.29, 1.82) is 0 Å². The third-order valence-electron chi connectivity index (χ3n) is 5.96. The summed E-state index contributed by atoms with van der Waals surface area (Å²) < 4.78 is 0. The second-order valence-electron chi connectivity index (χ2n) is 7.77. The van der Waals surface area contributed by atoms with E-state index in [4.69, 9.17) is 0 Å². The Kier molecular flexibility index (Phi) is 5.73. The summed E-state index contributed by atoms with van der Waals surface area (Å²) in [5.41, 5.74) is 2.37. The van der Waals surface area contributed by atoms with Crippen molar-refractivity contribution in [2.75, 3.05) is 13.1 Å². The van der Waals surface area contributed by atoms with Crippen LogP contribution in [0.25, 0.3) is 0 Å². The van der Waals surface area contributed by atoms with Crippen molar-refractivity contribution in [3.8, 4) is 0 Å². The maximum Gasteiger partial charge on any atom is 0.315 e. The van der Waals surface area contributed by atoms with Crippen LogP contribution in [0.5, 0.6) is 0 Å². The Labute approximate surface area is 162 Å². The first-order valence-electron chi connectivity index (χ1n) is 10.2. The molecule has 2 fully saturated rings. The van der Waals surface area contributed by atoms with Gasteiger partial charge < -0.3 is 10.6 Å². The lowest BCUT2D eigenvalue weighted by molar-refractivity contribution is 0.178. The largest absolute Gasteiger partial charge is 0.334 e. The number of rotatable bonds is 5. The molecule has 0 saturated carbocycles. The second kappa shape index (κ2) is 8.57. The summed E-state index contributed by atoms with van der Waals surface area (Å²) in [5.74, 6) is 0. The number of benzene rings is 2. The van der Waals surface area contributed by atoms with Crippen LogP contribution in [-0.2, 0) is 6.42 Å². The molecule has 2 amide bonds. The van der Waals surface area contributed by atoms with Gasteiger partial charge in [-0.1, -0.05) is 67.1 Å². The van der Waals surface area contributed by atoms with Crippen molar-refractivity contribution in [3.63, 3.8) is 0 Å². The lowest BCUT2D eigenvalue weighted by Gasteiger charge is -2.32. The van der Waals surface area contributed by atoms with Gasteiger partial charge in [-0.05, 0) is 43.4 Å². The average Bonchev–Trinajstić information content (AvgIpc) is 3.12. The highest BCUT2D eigenvalue weighted by atomic mass is 16.2. The molecule has 0 radical (unpaired) electrons. The van der Waals surface area contributed by atoms with Crippen LogP contribution in [0, 0.1) is 0 Å². The smallest absolute Gasteiger partial charge is 0.315 e. The van der Waals surface area contributed by atoms with Gasteiger partial charge in [0, 0.05) is 18.6 Å². The van der Waals surface area contributed by atoms with Gasteiger partial charge in [-0.3, -0.25) is 4.90 Å². The average molecular weight is 364 g/mol. The summed E-state index contributed by atoms with van der Waals surface area (Å²) in [7, 11) is 0. The molecule has 2 aromatic carbocycles. The molecule has 3 atom stereocenters. The number of fused-ring (bicyclic) bond motifs is 1. The van der Waals surface area contributed by atoms with Gasteiger partial charge in [-0.25, -0.2) is 4.79 Å². The fourth-order valence-corrected chi connectivity index (χ4v) is 4.57. The number of amides is 2. The molecule has 0 aliphatic carbocycles. The molecule has 2 aliphatic heterocycles. The molecule has 2 aliphatic rings. The Morgan fingerprint density at radius 1 is 0.963 bits per heavy atom. The Bertz CT molecular complexity index is 734. The first-order valence-corrected chi connectivity index (χ1v) is 10.2. The number of hydrogen-bond acceptors (Lipinski definition) is 2. The lowest BCUT2D eigenvalue weighted by atomic mass is 9.98. The second-order valence-corrected chi connectivity index (χ2v) is 7.77. The number of carbonyl (C=O) groups excluding carboxylic acids is 1. The molecule has 27 heavy (non-hydrogen) atoms. The summed E-state index contributed by atoms with van der Waals surface area (Å²) in [5, 5.41) is 6.51.